The molecule has 1 aliphatic heterocycles. The number of rotatable bonds is 8. The van der Waals surface area contributed by atoms with Crippen molar-refractivity contribution in [2.45, 2.75) is 39.3 Å². The molecule has 2 heterocycles. The number of aryl methyl sites for hydroxylation is 1. The van der Waals surface area contributed by atoms with Gasteiger partial charge in [-0.2, -0.15) is 0 Å². The molecule has 0 saturated carbocycles. The Hall–Kier alpha value is -3.22. The summed E-state index contributed by atoms with van der Waals surface area (Å²) in [5.41, 5.74) is 2.42. The topological polar surface area (TPSA) is 82.6 Å². The van der Waals surface area contributed by atoms with E-state index in [-0.39, 0.29) is 12.5 Å². The zero-order valence-electron chi connectivity index (χ0n) is 17.5. The summed E-state index contributed by atoms with van der Waals surface area (Å²) in [7, 11) is 0. The number of aromatic nitrogens is 1. The van der Waals surface area contributed by atoms with E-state index in [4.69, 9.17) is 0 Å². The van der Waals surface area contributed by atoms with Crippen LogP contribution in [0.2, 0.25) is 0 Å². The minimum Gasteiger partial charge on any atom is -0.348 e. The maximum atomic E-state index is 13.2. The molecule has 1 aliphatic rings. The quantitative estimate of drug-likeness (QED) is 0.679. The van der Waals surface area contributed by atoms with E-state index in [1.54, 1.807) is 23.2 Å². The van der Waals surface area contributed by atoms with Gasteiger partial charge in [-0.05, 0) is 30.5 Å². The third-order valence-electron chi connectivity index (χ3n) is 5.35. The van der Waals surface area contributed by atoms with Crippen LogP contribution < -0.4 is 5.32 Å². The van der Waals surface area contributed by atoms with Gasteiger partial charge in [-0.3, -0.25) is 19.4 Å². The number of unbranched alkanes of at least 4 members (excludes halogenated alkanes) is 1. The van der Waals surface area contributed by atoms with Crippen LogP contribution in [0.15, 0.2) is 48.7 Å². The van der Waals surface area contributed by atoms with E-state index in [1.165, 1.54) is 4.90 Å². The van der Waals surface area contributed by atoms with Crippen molar-refractivity contribution < 1.29 is 14.4 Å². The average Bonchev–Trinajstić information content (AvgIpc) is 2.76. The van der Waals surface area contributed by atoms with E-state index in [9.17, 15) is 14.4 Å². The van der Waals surface area contributed by atoms with Crippen LogP contribution in [0.25, 0.3) is 0 Å². The highest BCUT2D eigenvalue weighted by Crippen LogP contribution is 2.24. The maximum Gasteiger partial charge on any atom is 0.313 e. The van der Waals surface area contributed by atoms with Crippen LogP contribution in [0.5, 0.6) is 0 Å². The maximum absolute atomic E-state index is 13.2. The molecule has 1 aromatic carbocycles. The zero-order chi connectivity index (χ0) is 21.5. The zero-order valence-corrected chi connectivity index (χ0v) is 17.5. The summed E-state index contributed by atoms with van der Waals surface area (Å²) in [6.07, 6.45) is 3.48. The van der Waals surface area contributed by atoms with Crippen molar-refractivity contribution in [3.63, 3.8) is 0 Å². The van der Waals surface area contributed by atoms with Crippen molar-refractivity contribution in [1.29, 1.82) is 0 Å². The van der Waals surface area contributed by atoms with E-state index in [2.05, 4.69) is 10.3 Å². The SMILES string of the molecule is CCCCN1CCN([C@@H](C(=O)NCc2ncccc2C)c2ccccc2)C(=O)C1=O. The molecule has 3 amide bonds. The largest absolute Gasteiger partial charge is 0.348 e. The van der Waals surface area contributed by atoms with Crippen molar-refractivity contribution in [3.05, 3.63) is 65.5 Å². The summed E-state index contributed by atoms with van der Waals surface area (Å²) in [4.78, 5) is 46.0. The third kappa shape index (κ3) is 4.84. The molecule has 7 heteroatoms. The predicted molar refractivity (Wildman–Crippen MR) is 113 cm³/mol. The molecule has 30 heavy (non-hydrogen) atoms. The molecular weight excluding hydrogens is 380 g/mol. The minimum absolute atomic E-state index is 0.257. The van der Waals surface area contributed by atoms with Crippen molar-refractivity contribution in [1.82, 2.24) is 20.1 Å². The molecule has 1 atom stereocenters. The van der Waals surface area contributed by atoms with Gasteiger partial charge in [0.2, 0.25) is 5.91 Å². The summed E-state index contributed by atoms with van der Waals surface area (Å²) in [5, 5.41) is 2.90. The molecule has 1 aromatic heterocycles. The van der Waals surface area contributed by atoms with Gasteiger partial charge in [0.25, 0.3) is 0 Å². The predicted octanol–water partition coefficient (Wildman–Crippen LogP) is 2.22. The highest BCUT2D eigenvalue weighted by Gasteiger charge is 2.39. The number of carbonyl (C=O) groups excluding carboxylic acids is 3. The fourth-order valence-corrected chi connectivity index (χ4v) is 3.58. The van der Waals surface area contributed by atoms with Gasteiger partial charge in [-0.15, -0.1) is 0 Å². The van der Waals surface area contributed by atoms with Crippen molar-refractivity contribution >= 4 is 17.7 Å². The van der Waals surface area contributed by atoms with Crippen LogP contribution in [0.4, 0.5) is 0 Å². The fourth-order valence-electron chi connectivity index (χ4n) is 3.58. The highest BCUT2D eigenvalue weighted by molar-refractivity contribution is 6.35. The second-order valence-corrected chi connectivity index (χ2v) is 7.44. The first-order chi connectivity index (χ1) is 14.5. The van der Waals surface area contributed by atoms with E-state index in [0.29, 0.717) is 25.2 Å². The van der Waals surface area contributed by atoms with Gasteiger partial charge in [0.15, 0.2) is 0 Å². The van der Waals surface area contributed by atoms with Gasteiger partial charge < -0.3 is 15.1 Å². The Morgan fingerprint density at radius 1 is 1.10 bits per heavy atom. The standard InChI is InChI=1S/C23H28N4O3/c1-3-4-13-26-14-15-27(23(30)22(26)29)20(18-10-6-5-7-11-18)21(28)25-16-19-17(2)9-8-12-24-19/h5-12,20H,3-4,13-16H2,1-2H3,(H,25,28)/t20-/m1/s1. The lowest BCUT2D eigenvalue weighted by Gasteiger charge is -2.38. The number of pyridine rings is 1. The normalized spacial score (nSPS) is 15.3. The molecule has 0 aliphatic carbocycles. The van der Waals surface area contributed by atoms with Gasteiger partial charge in [0.05, 0.1) is 12.2 Å². The van der Waals surface area contributed by atoms with Crippen LogP contribution in [-0.4, -0.2) is 52.1 Å². The number of piperazine rings is 1. The molecule has 1 saturated heterocycles. The lowest BCUT2D eigenvalue weighted by Crippen LogP contribution is -2.57. The number of carbonyl (C=O) groups is 3. The Bertz CT molecular complexity index is 900. The van der Waals surface area contributed by atoms with E-state index in [1.807, 2.05) is 44.2 Å². The molecule has 3 rings (SSSR count). The molecule has 1 fully saturated rings. The number of nitrogens with one attached hydrogen (secondary N) is 1. The Morgan fingerprint density at radius 3 is 2.57 bits per heavy atom. The van der Waals surface area contributed by atoms with Crippen molar-refractivity contribution in [2.24, 2.45) is 0 Å². The Kier molecular flexibility index (Phi) is 7.17. The van der Waals surface area contributed by atoms with Crippen LogP contribution in [0.1, 0.15) is 42.6 Å². The second-order valence-electron chi connectivity index (χ2n) is 7.44. The summed E-state index contributed by atoms with van der Waals surface area (Å²) in [6, 6.07) is 12.0. The Balaban J connectivity index is 1.80. The van der Waals surface area contributed by atoms with E-state index >= 15 is 0 Å². The number of nitrogens with zero attached hydrogens (tertiary/aromatic N) is 3. The van der Waals surface area contributed by atoms with Crippen LogP contribution in [0, 0.1) is 6.92 Å². The summed E-state index contributed by atoms with van der Waals surface area (Å²) in [6.45, 7) is 5.55. The number of hydrogen-bond acceptors (Lipinski definition) is 4. The molecule has 0 spiro atoms. The van der Waals surface area contributed by atoms with Crippen molar-refractivity contribution in [3.8, 4) is 0 Å². The van der Waals surface area contributed by atoms with Gasteiger partial charge >= 0.3 is 11.8 Å². The number of hydrogen-bond donors (Lipinski definition) is 1. The van der Waals surface area contributed by atoms with Crippen LogP contribution in [-0.2, 0) is 20.9 Å². The van der Waals surface area contributed by atoms with E-state index < -0.39 is 17.9 Å². The van der Waals surface area contributed by atoms with Gasteiger partial charge in [0.1, 0.15) is 6.04 Å². The molecule has 1 N–H and O–H groups in total. The average molecular weight is 409 g/mol. The Morgan fingerprint density at radius 2 is 1.87 bits per heavy atom. The van der Waals surface area contributed by atoms with Gasteiger partial charge in [0, 0.05) is 25.8 Å². The molecular formula is C23H28N4O3. The Labute approximate surface area is 177 Å². The molecule has 7 nitrogen and oxygen atoms in total. The molecule has 158 valence electrons. The van der Waals surface area contributed by atoms with E-state index in [0.717, 1.165) is 24.1 Å². The number of benzene rings is 1. The smallest absolute Gasteiger partial charge is 0.313 e. The molecule has 2 aromatic rings. The van der Waals surface area contributed by atoms with Crippen LogP contribution >= 0.6 is 0 Å². The second kappa shape index (κ2) is 10.0. The first-order valence-electron chi connectivity index (χ1n) is 10.4. The van der Waals surface area contributed by atoms with Gasteiger partial charge in [-0.1, -0.05) is 49.7 Å². The third-order valence-corrected chi connectivity index (χ3v) is 5.35. The first-order valence-corrected chi connectivity index (χ1v) is 10.4. The molecule has 0 bridgehead atoms. The summed E-state index contributed by atoms with van der Waals surface area (Å²) >= 11 is 0. The molecule has 0 unspecified atom stereocenters. The fraction of sp³-hybridized carbons (Fsp3) is 0.391. The lowest BCUT2D eigenvalue weighted by atomic mass is 10.0. The highest BCUT2D eigenvalue weighted by atomic mass is 16.2. The molecule has 0 radical (unpaired) electrons. The minimum atomic E-state index is -0.861. The summed E-state index contributed by atoms with van der Waals surface area (Å²) < 4.78 is 0. The van der Waals surface area contributed by atoms with Crippen molar-refractivity contribution in [2.75, 3.05) is 19.6 Å². The lowest BCUT2D eigenvalue weighted by molar-refractivity contribution is -0.159. The summed E-state index contributed by atoms with van der Waals surface area (Å²) in [5.74, 6) is -1.49. The first kappa shape index (κ1) is 21.5. The van der Waals surface area contributed by atoms with Gasteiger partial charge in [-0.25, -0.2) is 0 Å². The van der Waals surface area contributed by atoms with Crippen LogP contribution in [0.3, 0.4) is 0 Å². The monoisotopic (exact) mass is 408 g/mol. The number of amides is 3.